The van der Waals surface area contributed by atoms with Crippen LogP contribution in [0.3, 0.4) is 0 Å². The van der Waals surface area contributed by atoms with Crippen molar-refractivity contribution in [2.75, 3.05) is 5.32 Å². The second-order valence-electron chi connectivity index (χ2n) is 5.38. The van der Waals surface area contributed by atoms with E-state index in [2.05, 4.69) is 10.5 Å². The summed E-state index contributed by atoms with van der Waals surface area (Å²) in [6.45, 7) is 1.88. The molecule has 6 heteroatoms. The summed E-state index contributed by atoms with van der Waals surface area (Å²) < 4.78 is 5.02. The van der Waals surface area contributed by atoms with Gasteiger partial charge in [-0.05, 0) is 48.5 Å². The van der Waals surface area contributed by atoms with E-state index in [0.29, 0.717) is 39.6 Å². The van der Waals surface area contributed by atoms with Gasteiger partial charge in [0, 0.05) is 28.3 Å². The van der Waals surface area contributed by atoms with Crippen molar-refractivity contribution in [1.82, 2.24) is 5.16 Å². The molecule has 3 aromatic rings. The highest BCUT2D eigenvalue weighted by Gasteiger charge is 2.15. The Labute approximate surface area is 149 Å². The zero-order chi connectivity index (χ0) is 17.8. The van der Waals surface area contributed by atoms with E-state index >= 15 is 0 Å². The average molecular weight is 355 g/mol. The summed E-state index contributed by atoms with van der Waals surface area (Å²) in [5, 5.41) is 6.99. The number of halogens is 1. The van der Waals surface area contributed by atoms with Crippen LogP contribution in [0, 0.1) is 0 Å². The number of hydrogen-bond acceptors (Lipinski definition) is 4. The Kier molecular flexibility index (Phi) is 4.95. The van der Waals surface area contributed by atoms with Crippen molar-refractivity contribution in [3.05, 3.63) is 82.2 Å². The van der Waals surface area contributed by atoms with Gasteiger partial charge in [-0.3, -0.25) is 9.59 Å². The van der Waals surface area contributed by atoms with E-state index in [1.165, 1.54) is 6.20 Å². The second kappa shape index (κ2) is 7.32. The van der Waals surface area contributed by atoms with E-state index in [-0.39, 0.29) is 11.7 Å². The lowest BCUT2D eigenvalue weighted by Gasteiger charge is -2.06. The van der Waals surface area contributed by atoms with Crippen LogP contribution < -0.4 is 5.32 Å². The van der Waals surface area contributed by atoms with Crippen molar-refractivity contribution in [3.8, 4) is 0 Å². The zero-order valence-corrected chi connectivity index (χ0v) is 14.2. The molecule has 0 saturated carbocycles. The van der Waals surface area contributed by atoms with Crippen molar-refractivity contribution in [2.45, 2.75) is 13.3 Å². The quantitative estimate of drug-likeness (QED) is 0.690. The minimum absolute atomic E-state index is 0.109. The highest BCUT2D eigenvalue weighted by atomic mass is 35.5. The van der Waals surface area contributed by atoms with Gasteiger partial charge in [0.15, 0.2) is 5.78 Å². The van der Waals surface area contributed by atoms with Crippen LogP contribution in [0.15, 0.2) is 59.3 Å². The number of aromatic nitrogens is 1. The number of carbonyl (C=O) groups is 2. The number of anilines is 1. The Morgan fingerprint density at radius 1 is 1.04 bits per heavy atom. The van der Waals surface area contributed by atoms with Gasteiger partial charge in [-0.2, -0.15) is 0 Å². The number of nitrogens with zero attached hydrogens (tertiary/aromatic N) is 1. The van der Waals surface area contributed by atoms with Crippen LogP contribution in [0.4, 0.5) is 5.69 Å². The molecule has 5 nitrogen and oxygen atoms in total. The monoisotopic (exact) mass is 354 g/mol. The highest BCUT2D eigenvalue weighted by molar-refractivity contribution is 6.30. The highest BCUT2D eigenvalue weighted by Crippen LogP contribution is 2.17. The minimum atomic E-state index is -0.296. The Bertz CT molecular complexity index is 899. The summed E-state index contributed by atoms with van der Waals surface area (Å²) in [6.07, 6.45) is 1.98. The largest absolute Gasteiger partial charge is 0.361 e. The molecule has 1 N–H and O–H groups in total. The maximum Gasteiger partial charge on any atom is 0.260 e. The molecule has 0 aliphatic rings. The standard InChI is InChI=1S/C19H15ClN2O3/c1-2-17-16(11-21-25-17)19(24)22-15-9-5-13(6-10-15)18(23)12-3-7-14(20)8-4-12/h3-11H,2H2,1H3,(H,22,24). The fraction of sp³-hybridized carbons (Fsp3) is 0.105. The Morgan fingerprint density at radius 3 is 2.24 bits per heavy atom. The molecule has 2 aromatic carbocycles. The average Bonchev–Trinajstić information content (AvgIpc) is 3.11. The van der Waals surface area contributed by atoms with Crippen molar-refractivity contribution < 1.29 is 14.1 Å². The van der Waals surface area contributed by atoms with E-state index in [1.54, 1.807) is 48.5 Å². The summed E-state index contributed by atoms with van der Waals surface area (Å²) in [5.74, 6) is 0.128. The van der Waals surface area contributed by atoms with Gasteiger partial charge < -0.3 is 9.84 Å². The van der Waals surface area contributed by atoms with E-state index < -0.39 is 0 Å². The van der Waals surface area contributed by atoms with E-state index in [0.717, 1.165) is 0 Å². The first-order valence-electron chi connectivity index (χ1n) is 7.73. The number of carbonyl (C=O) groups excluding carboxylic acids is 2. The molecule has 25 heavy (non-hydrogen) atoms. The summed E-state index contributed by atoms with van der Waals surface area (Å²) in [5.41, 5.74) is 2.07. The van der Waals surface area contributed by atoms with Crippen LogP contribution in [0.1, 0.15) is 39.0 Å². The Balaban J connectivity index is 1.73. The molecule has 1 heterocycles. The van der Waals surface area contributed by atoms with Gasteiger partial charge in [-0.1, -0.05) is 23.7 Å². The second-order valence-corrected chi connectivity index (χ2v) is 5.82. The van der Waals surface area contributed by atoms with Crippen LogP contribution in [-0.4, -0.2) is 16.8 Å². The maximum atomic E-state index is 12.4. The van der Waals surface area contributed by atoms with Gasteiger partial charge in [-0.25, -0.2) is 0 Å². The molecule has 3 rings (SSSR count). The van der Waals surface area contributed by atoms with E-state index in [4.69, 9.17) is 16.1 Å². The van der Waals surface area contributed by atoms with Crippen LogP contribution in [0.2, 0.25) is 5.02 Å². The van der Waals surface area contributed by atoms with Crippen molar-refractivity contribution in [3.63, 3.8) is 0 Å². The molecule has 0 saturated heterocycles. The van der Waals surface area contributed by atoms with Crippen LogP contribution in [-0.2, 0) is 6.42 Å². The van der Waals surface area contributed by atoms with Crippen molar-refractivity contribution >= 4 is 29.0 Å². The first kappa shape index (κ1) is 16.9. The van der Waals surface area contributed by atoms with Crippen LogP contribution in [0.5, 0.6) is 0 Å². The lowest BCUT2D eigenvalue weighted by atomic mass is 10.0. The molecule has 1 amide bonds. The fourth-order valence-electron chi connectivity index (χ4n) is 2.38. The van der Waals surface area contributed by atoms with Crippen molar-refractivity contribution in [1.29, 1.82) is 0 Å². The van der Waals surface area contributed by atoms with Gasteiger partial charge in [0.25, 0.3) is 5.91 Å². The van der Waals surface area contributed by atoms with Gasteiger partial charge in [-0.15, -0.1) is 0 Å². The third kappa shape index (κ3) is 3.78. The Hall–Kier alpha value is -2.92. The van der Waals surface area contributed by atoms with Crippen LogP contribution >= 0.6 is 11.6 Å². The normalized spacial score (nSPS) is 10.5. The number of amides is 1. The summed E-state index contributed by atoms with van der Waals surface area (Å²) in [7, 11) is 0. The van der Waals surface area contributed by atoms with Gasteiger partial charge in [0.1, 0.15) is 11.3 Å². The number of aryl methyl sites for hydroxylation is 1. The zero-order valence-electron chi connectivity index (χ0n) is 13.5. The topological polar surface area (TPSA) is 72.2 Å². The van der Waals surface area contributed by atoms with Gasteiger partial charge in [0.2, 0.25) is 0 Å². The number of nitrogens with one attached hydrogen (secondary N) is 1. The molecule has 0 atom stereocenters. The number of rotatable bonds is 5. The van der Waals surface area contributed by atoms with Crippen molar-refractivity contribution in [2.24, 2.45) is 0 Å². The maximum absolute atomic E-state index is 12.4. The number of ketones is 1. The number of benzene rings is 2. The lowest BCUT2D eigenvalue weighted by Crippen LogP contribution is -2.13. The first-order chi connectivity index (χ1) is 12.1. The minimum Gasteiger partial charge on any atom is -0.361 e. The first-order valence-corrected chi connectivity index (χ1v) is 8.11. The molecule has 0 aliphatic heterocycles. The summed E-state index contributed by atoms with van der Waals surface area (Å²) in [6, 6.07) is 13.4. The summed E-state index contributed by atoms with van der Waals surface area (Å²) in [4.78, 5) is 24.6. The summed E-state index contributed by atoms with van der Waals surface area (Å²) >= 11 is 5.83. The molecule has 0 fully saturated rings. The molecule has 0 aliphatic carbocycles. The molecule has 0 radical (unpaired) electrons. The molecular formula is C19H15ClN2O3. The van der Waals surface area contributed by atoms with E-state index in [1.807, 2.05) is 6.92 Å². The van der Waals surface area contributed by atoms with Gasteiger partial charge in [0.05, 0.1) is 6.20 Å². The predicted molar refractivity (Wildman–Crippen MR) is 95.2 cm³/mol. The third-order valence-corrected chi connectivity index (χ3v) is 3.97. The van der Waals surface area contributed by atoms with Gasteiger partial charge >= 0.3 is 0 Å². The third-order valence-electron chi connectivity index (χ3n) is 3.72. The molecule has 1 aromatic heterocycles. The molecular weight excluding hydrogens is 340 g/mol. The lowest BCUT2D eigenvalue weighted by molar-refractivity contribution is 0.102. The Morgan fingerprint density at radius 2 is 1.64 bits per heavy atom. The van der Waals surface area contributed by atoms with E-state index in [9.17, 15) is 9.59 Å². The molecule has 0 bridgehead atoms. The smallest absolute Gasteiger partial charge is 0.260 e. The predicted octanol–water partition coefficient (Wildman–Crippen LogP) is 4.37. The van der Waals surface area contributed by atoms with Crippen LogP contribution in [0.25, 0.3) is 0 Å². The molecule has 126 valence electrons. The molecule has 0 spiro atoms. The fourth-order valence-corrected chi connectivity index (χ4v) is 2.50. The number of hydrogen-bond donors (Lipinski definition) is 1. The SMILES string of the molecule is CCc1oncc1C(=O)Nc1ccc(C(=O)c2ccc(Cl)cc2)cc1. The molecule has 0 unspecified atom stereocenters.